The number of carbonyl (C=O) groups excluding carboxylic acids is 3. The van der Waals surface area contributed by atoms with Crippen LogP contribution in [0.25, 0.3) is 0 Å². The molecule has 0 aromatic heterocycles. The summed E-state index contributed by atoms with van der Waals surface area (Å²) in [5, 5.41) is 4.11. The summed E-state index contributed by atoms with van der Waals surface area (Å²) in [5.41, 5.74) is 1.23. The molecule has 1 unspecified atom stereocenters. The van der Waals surface area contributed by atoms with E-state index >= 15 is 0 Å². The zero-order valence-corrected chi connectivity index (χ0v) is 18.2. The standard InChI is InChI=1S/C22H26F4N2O4/c1-5-14-10-15-8-6-7-9-16(15)32-13(3)17(18(14)29)28-20(31)12(2)19(30)27-11-22(25,26)21(4,23)24/h5-9,12-13,17H,10-11H2,1-4H3,(H,27,30)(H,28,31)/t12?,13-,17+/m1/s1. The van der Waals surface area contributed by atoms with Crippen LogP contribution in [0.5, 0.6) is 5.75 Å². The van der Waals surface area contributed by atoms with Crippen molar-refractivity contribution < 1.29 is 36.7 Å². The number of amides is 2. The maximum absolute atomic E-state index is 13.4. The number of halogens is 4. The molecule has 0 bridgehead atoms. The maximum Gasteiger partial charge on any atom is 0.326 e. The van der Waals surface area contributed by atoms with Gasteiger partial charge in [-0.15, -0.1) is 0 Å². The highest BCUT2D eigenvalue weighted by Gasteiger charge is 2.52. The smallest absolute Gasteiger partial charge is 0.326 e. The van der Waals surface area contributed by atoms with Crippen molar-refractivity contribution >= 4 is 17.6 Å². The van der Waals surface area contributed by atoms with Crippen LogP contribution in [0.1, 0.15) is 33.3 Å². The average molecular weight is 458 g/mol. The SMILES string of the molecule is CC=C1Cc2ccccc2O[C@H](C)[C@H](NC(=O)C(C)C(=O)NCC(F)(F)C(C)(F)F)C1=O. The molecule has 10 heteroatoms. The number of rotatable bonds is 6. The third-order valence-electron chi connectivity index (χ3n) is 5.29. The largest absolute Gasteiger partial charge is 0.488 e. The minimum atomic E-state index is -4.48. The van der Waals surface area contributed by atoms with E-state index in [0.717, 1.165) is 12.5 Å². The van der Waals surface area contributed by atoms with Crippen molar-refractivity contribution in [3.63, 3.8) is 0 Å². The second-order valence-electron chi connectivity index (χ2n) is 7.80. The van der Waals surface area contributed by atoms with Crippen LogP contribution in [-0.4, -0.2) is 48.1 Å². The molecule has 1 aliphatic rings. The second kappa shape index (κ2) is 9.70. The Morgan fingerprint density at radius 3 is 2.44 bits per heavy atom. The van der Waals surface area contributed by atoms with E-state index in [1.807, 2.05) is 12.1 Å². The molecule has 0 fully saturated rings. The van der Waals surface area contributed by atoms with Gasteiger partial charge in [-0.25, -0.2) is 8.78 Å². The van der Waals surface area contributed by atoms with E-state index in [1.165, 1.54) is 0 Å². The van der Waals surface area contributed by atoms with Crippen LogP contribution in [0, 0.1) is 5.92 Å². The summed E-state index contributed by atoms with van der Waals surface area (Å²) in [4.78, 5) is 37.7. The fourth-order valence-corrected chi connectivity index (χ4v) is 3.07. The number of carbonyl (C=O) groups is 3. The number of allylic oxidation sites excluding steroid dienone is 1. The van der Waals surface area contributed by atoms with E-state index in [-0.39, 0.29) is 13.3 Å². The molecule has 1 aliphatic heterocycles. The van der Waals surface area contributed by atoms with Crippen LogP contribution in [0.3, 0.4) is 0 Å². The van der Waals surface area contributed by atoms with Gasteiger partial charge in [0.1, 0.15) is 23.8 Å². The Morgan fingerprint density at radius 2 is 1.84 bits per heavy atom. The highest BCUT2D eigenvalue weighted by atomic mass is 19.3. The molecule has 0 radical (unpaired) electrons. The lowest BCUT2D eigenvalue weighted by atomic mass is 9.92. The number of ketones is 1. The molecule has 1 aromatic carbocycles. The minimum Gasteiger partial charge on any atom is -0.488 e. The van der Waals surface area contributed by atoms with Gasteiger partial charge in [0.15, 0.2) is 5.78 Å². The van der Waals surface area contributed by atoms with Gasteiger partial charge < -0.3 is 15.4 Å². The lowest BCUT2D eigenvalue weighted by Gasteiger charge is -2.30. The van der Waals surface area contributed by atoms with Crippen molar-refractivity contribution in [2.24, 2.45) is 5.92 Å². The summed E-state index contributed by atoms with van der Waals surface area (Å²) >= 11 is 0. The Balaban J connectivity index is 2.13. The molecule has 0 saturated carbocycles. The number of fused-ring (bicyclic) bond motifs is 1. The van der Waals surface area contributed by atoms with Crippen molar-refractivity contribution in [3.05, 3.63) is 41.5 Å². The van der Waals surface area contributed by atoms with Gasteiger partial charge in [0.05, 0.1) is 6.54 Å². The number of hydrogen-bond donors (Lipinski definition) is 2. The Labute approximate surface area is 183 Å². The van der Waals surface area contributed by atoms with E-state index in [2.05, 4.69) is 5.32 Å². The molecule has 2 rings (SSSR count). The lowest BCUT2D eigenvalue weighted by molar-refractivity contribution is -0.194. The first-order valence-electron chi connectivity index (χ1n) is 10.1. The second-order valence-corrected chi connectivity index (χ2v) is 7.80. The van der Waals surface area contributed by atoms with Gasteiger partial charge in [0.2, 0.25) is 11.8 Å². The Bertz CT molecular complexity index is 911. The van der Waals surface area contributed by atoms with Crippen LogP contribution in [-0.2, 0) is 20.8 Å². The summed E-state index contributed by atoms with van der Waals surface area (Å²) in [6, 6.07) is 5.98. The fraction of sp³-hybridized carbons (Fsp3) is 0.500. The summed E-state index contributed by atoms with van der Waals surface area (Å²) in [7, 11) is 0. The Kier molecular flexibility index (Phi) is 7.69. The van der Waals surface area contributed by atoms with Gasteiger partial charge in [0.25, 0.3) is 0 Å². The molecule has 1 aromatic rings. The van der Waals surface area contributed by atoms with Gasteiger partial charge in [-0.3, -0.25) is 14.4 Å². The minimum absolute atomic E-state index is 0.0356. The van der Waals surface area contributed by atoms with Crippen LogP contribution in [0.2, 0.25) is 0 Å². The number of ether oxygens (including phenoxy) is 1. The Morgan fingerprint density at radius 1 is 1.22 bits per heavy atom. The van der Waals surface area contributed by atoms with E-state index < -0.39 is 54.1 Å². The first kappa shape index (κ1) is 25.4. The molecular weight excluding hydrogens is 432 g/mol. The third kappa shape index (κ3) is 5.66. The summed E-state index contributed by atoms with van der Waals surface area (Å²) < 4.78 is 58.4. The van der Waals surface area contributed by atoms with E-state index in [1.54, 1.807) is 37.4 Å². The van der Waals surface area contributed by atoms with E-state index in [0.29, 0.717) is 11.3 Å². The quantitative estimate of drug-likeness (QED) is 0.390. The molecule has 0 saturated heterocycles. The molecule has 1 heterocycles. The van der Waals surface area contributed by atoms with Crippen molar-refractivity contribution in [3.8, 4) is 5.75 Å². The van der Waals surface area contributed by atoms with Gasteiger partial charge in [-0.1, -0.05) is 24.3 Å². The number of alkyl halides is 4. The molecule has 2 amide bonds. The molecule has 0 aliphatic carbocycles. The topological polar surface area (TPSA) is 84.5 Å². The van der Waals surface area contributed by atoms with Gasteiger partial charge in [0, 0.05) is 13.3 Å². The number of para-hydroxylation sites is 1. The fourth-order valence-electron chi connectivity index (χ4n) is 3.07. The lowest BCUT2D eigenvalue weighted by Crippen LogP contribution is -2.54. The van der Waals surface area contributed by atoms with Crippen molar-refractivity contribution in [1.29, 1.82) is 0 Å². The monoisotopic (exact) mass is 458 g/mol. The van der Waals surface area contributed by atoms with Crippen molar-refractivity contribution in [1.82, 2.24) is 10.6 Å². The number of nitrogens with one attached hydrogen (secondary N) is 2. The van der Waals surface area contributed by atoms with Crippen LogP contribution in [0.4, 0.5) is 17.6 Å². The molecule has 6 nitrogen and oxygen atoms in total. The van der Waals surface area contributed by atoms with Crippen LogP contribution >= 0.6 is 0 Å². The van der Waals surface area contributed by atoms with Crippen LogP contribution in [0.15, 0.2) is 35.9 Å². The van der Waals surface area contributed by atoms with E-state index in [9.17, 15) is 31.9 Å². The van der Waals surface area contributed by atoms with Gasteiger partial charge in [-0.2, -0.15) is 8.78 Å². The zero-order valence-electron chi connectivity index (χ0n) is 18.2. The maximum atomic E-state index is 13.4. The average Bonchev–Trinajstić information content (AvgIpc) is 2.72. The highest BCUT2D eigenvalue weighted by molar-refractivity contribution is 6.05. The summed E-state index contributed by atoms with van der Waals surface area (Å²) in [6.07, 6.45) is 1.10. The van der Waals surface area contributed by atoms with Crippen LogP contribution < -0.4 is 15.4 Å². The highest BCUT2D eigenvalue weighted by Crippen LogP contribution is 2.33. The molecule has 32 heavy (non-hydrogen) atoms. The van der Waals surface area contributed by atoms with Crippen molar-refractivity contribution in [2.45, 2.75) is 58.1 Å². The summed E-state index contributed by atoms with van der Waals surface area (Å²) in [6.45, 7) is 2.79. The van der Waals surface area contributed by atoms with Gasteiger partial charge in [-0.05, 0) is 38.0 Å². The predicted molar refractivity (Wildman–Crippen MR) is 109 cm³/mol. The first-order chi connectivity index (χ1) is 14.8. The zero-order chi connectivity index (χ0) is 24.3. The molecule has 3 atom stereocenters. The normalized spacial score (nSPS) is 21.6. The molecule has 0 spiro atoms. The van der Waals surface area contributed by atoms with Gasteiger partial charge >= 0.3 is 11.8 Å². The summed E-state index contributed by atoms with van der Waals surface area (Å²) in [5.74, 6) is -12.3. The Hall–Kier alpha value is -2.91. The predicted octanol–water partition coefficient (Wildman–Crippen LogP) is 3.05. The van der Waals surface area contributed by atoms with E-state index in [4.69, 9.17) is 4.74 Å². The number of benzene rings is 1. The molecular formula is C22H26F4N2O4. The molecule has 2 N–H and O–H groups in total. The third-order valence-corrected chi connectivity index (χ3v) is 5.29. The molecule has 176 valence electrons. The first-order valence-corrected chi connectivity index (χ1v) is 10.1. The number of hydrogen-bond acceptors (Lipinski definition) is 4. The number of Topliss-reactive ketones (excluding diaryl/α,β-unsaturated/α-hetero) is 1. The van der Waals surface area contributed by atoms with Crippen molar-refractivity contribution in [2.75, 3.05) is 6.54 Å².